The van der Waals surface area contributed by atoms with E-state index in [9.17, 15) is 14.7 Å². The predicted octanol–water partition coefficient (Wildman–Crippen LogP) is 3.31. The summed E-state index contributed by atoms with van der Waals surface area (Å²) in [7, 11) is 0. The summed E-state index contributed by atoms with van der Waals surface area (Å²) >= 11 is 3.34. The van der Waals surface area contributed by atoms with Crippen molar-refractivity contribution in [3.05, 3.63) is 63.6 Å². The first-order valence-electron chi connectivity index (χ1n) is 6.00. The summed E-state index contributed by atoms with van der Waals surface area (Å²) in [5.74, 6) is -1.21. The highest BCUT2D eigenvalue weighted by Gasteiger charge is 2.30. The molecule has 3 rings (SSSR count). The summed E-state index contributed by atoms with van der Waals surface area (Å²) < 4.78 is 0.831. The zero-order valence-corrected chi connectivity index (χ0v) is 11.9. The number of carboxylic acids is 1. The number of anilines is 1. The fourth-order valence-electron chi connectivity index (χ4n) is 2.36. The van der Waals surface area contributed by atoms with Gasteiger partial charge in [0.25, 0.3) is 5.91 Å². The van der Waals surface area contributed by atoms with Crippen molar-refractivity contribution in [2.75, 3.05) is 4.90 Å². The molecule has 5 heteroatoms. The van der Waals surface area contributed by atoms with Crippen LogP contribution in [0.1, 0.15) is 26.3 Å². The molecule has 2 aromatic carbocycles. The minimum atomic E-state index is -1.04. The Kier molecular flexibility index (Phi) is 3.06. The van der Waals surface area contributed by atoms with E-state index in [-0.39, 0.29) is 11.5 Å². The highest BCUT2D eigenvalue weighted by molar-refractivity contribution is 9.10. The number of carbonyl (C=O) groups is 2. The third-order valence-electron chi connectivity index (χ3n) is 3.30. The van der Waals surface area contributed by atoms with Gasteiger partial charge in [0, 0.05) is 10.0 Å². The van der Waals surface area contributed by atoms with Crippen molar-refractivity contribution in [3.8, 4) is 0 Å². The molecular weight excluding hydrogens is 322 g/mol. The number of amides is 1. The maximum Gasteiger partial charge on any atom is 0.337 e. The molecule has 0 saturated carbocycles. The number of nitrogens with zero attached hydrogens (tertiary/aromatic N) is 1. The summed E-state index contributed by atoms with van der Waals surface area (Å²) in [4.78, 5) is 25.2. The van der Waals surface area contributed by atoms with Gasteiger partial charge in [0.15, 0.2) is 0 Å². The van der Waals surface area contributed by atoms with Gasteiger partial charge in [-0.05, 0) is 29.8 Å². The Morgan fingerprint density at radius 3 is 2.70 bits per heavy atom. The molecule has 1 amide bonds. The van der Waals surface area contributed by atoms with Gasteiger partial charge in [0.2, 0.25) is 0 Å². The van der Waals surface area contributed by atoms with E-state index in [2.05, 4.69) is 15.9 Å². The Labute approximate surface area is 123 Å². The van der Waals surface area contributed by atoms with Crippen molar-refractivity contribution in [1.29, 1.82) is 0 Å². The maximum absolute atomic E-state index is 12.4. The first-order chi connectivity index (χ1) is 9.58. The van der Waals surface area contributed by atoms with E-state index >= 15 is 0 Å². The van der Waals surface area contributed by atoms with Crippen LogP contribution >= 0.6 is 15.9 Å². The number of fused-ring (bicyclic) bond motifs is 1. The number of benzene rings is 2. The van der Waals surface area contributed by atoms with E-state index < -0.39 is 5.97 Å². The standard InChI is InChI=1S/C15H10BrNO3/c16-10-6-5-9-8-17(14(18)12(9)7-10)13-4-2-1-3-11(13)15(19)20/h1-7H,8H2,(H,19,20). The van der Waals surface area contributed by atoms with Crippen LogP contribution in [0.15, 0.2) is 46.9 Å². The first-order valence-corrected chi connectivity index (χ1v) is 6.80. The van der Waals surface area contributed by atoms with Crippen LogP contribution in [0.3, 0.4) is 0 Å². The van der Waals surface area contributed by atoms with Crippen LogP contribution in [0.5, 0.6) is 0 Å². The lowest BCUT2D eigenvalue weighted by atomic mass is 10.1. The first kappa shape index (κ1) is 12.9. The summed E-state index contributed by atoms with van der Waals surface area (Å²) in [5.41, 5.74) is 2.07. The fraction of sp³-hybridized carbons (Fsp3) is 0.0667. The van der Waals surface area contributed by atoms with Crippen molar-refractivity contribution in [3.63, 3.8) is 0 Å². The molecular formula is C15H10BrNO3. The quantitative estimate of drug-likeness (QED) is 0.918. The minimum absolute atomic E-state index is 0.132. The van der Waals surface area contributed by atoms with Crippen molar-refractivity contribution >= 4 is 33.5 Å². The van der Waals surface area contributed by atoms with Crippen molar-refractivity contribution in [1.82, 2.24) is 0 Å². The predicted molar refractivity (Wildman–Crippen MR) is 78.1 cm³/mol. The average Bonchev–Trinajstić information content (AvgIpc) is 2.76. The second-order valence-corrected chi connectivity index (χ2v) is 5.43. The van der Waals surface area contributed by atoms with E-state index in [4.69, 9.17) is 0 Å². The van der Waals surface area contributed by atoms with E-state index in [0.717, 1.165) is 10.0 Å². The van der Waals surface area contributed by atoms with Crippen molar-refractivity contribution in [2.24, 2.45) is 0 Å². The van der Waals surface area contributed by atoms with Gasteiger partial charge in [-0.1, -0.05) is 34.1 Å². The lowest BCUT2D eigenvalue weighted by Crippen LogP contribution is -2.25. The summed E-state index contributed by atoms with van der Waals surface area (Å²) in [6.07, 6.45) is 0. The normalized spacial score (nSPS) is 13.4. The fourth-order valence-corrected chi connectivity index (χ4v) is 2.72. The summed E-state index contributed by atoms with van der Waals surface area (Å²) in [6, 6.07) is 12.1. The molecule has 1 heterocycles. The Hall–Kier alpha value is -2.14. The molecule has 0 fully saturated rings. The van der Waals surface area contributed by atoms with Gasteiger partial charge in [0.1, 0.15) is 0 Å². The van der Waals surface area contributed by atoms with Gasteiger partial charge < -0.3 is 10.0 Å². The number of carboxylic acid groups (broad SMARTS) is 1. The minimum Gasteiger partial charge on any atom is -0.478 e. The van der Waals surface area contributed by atoms with Gasteiger partial charge in [-0.3, -0.25) is 4.79 Å². The van der Waals surface area contributed by atoms with Crippen molar-refractivity contribution in [2.45, 2.75) is 6.54 Å². The van der Waals surface area contributed by atoms with Gasteiger partial charge in [-0.2, -0.15) is 0 Å². The molecule has 0 aliphatic carbocycles. The molecule has 0 radical (unpaired) electrons. The van der Waals surface area contributed by atoms with Crippen LogP contribution in [0.4, 0.5) is 5.69 Å². The Morgan fingerprint density at radius 2 is 1.95 bits per heavy atom. The molecule has 20 heavy (non-hydrogen) atoms. The van der Waals surface area contributed by atoms with Crippen LogP contribution in [-0.4, -0.2) is 17.0 Å². The summed E-state index contributed by atoms with van der Waals surface area (Å²) in [5, 5.41) is 9.23. The third kappa shape index (κ3) is 2.00. The molecule has 1 aliphatic heterocycles. The number of hydrogen-bond acceptors (Lipinski definition) is 2. The Morgan fingerprint density at radius 1 is 1.20 bits per heavy atom. The second-order valence-electron chi connectivity index (χ2n) is 4.52. The Balaban J connectivity index is 2.07. The largest absolute Gasteiger partial charge is 0.478 e. The highest BCUT2D eigenvalue weighted by Crippen LogP contribution is 2.32. The SMILES string of the molecule is O=C(O)c1ccccc1N1Cc2ccc(Br)cc2C1=O. The molecule has 4 nitrogen and oxygen atoms in total. The van der Waals surface area contributed by atoms with Crippen molar-refractivity contribution < 1.29 is 14.7 Å². The van der Waals surface area contributed by atoms with E-state index in [1.54, 1.807) is 24.3 Å². The molecule has 0 bridgehead atoms. The van der Waals surface area contributed by atoms with E-state index in [1.165, 1.54) is 11.0 Å². The smallest absolute Gasteiger partial charge is 0.337 e. The number of aromatic carboxylic acids is 1. The maximum atomic E-state index is 12.4. The topological polar surface area (TPSA) is 57.6 Å². The van der Waals surface area contributed by atoms with E-state index in [1.807, 2.05) is 12.1 Å². The zero-order chi connectivity index (χ0) is 14.3. The van der Waals surface area contributed by atoms with Crippen LogP contribution < -0.4 is 4.90 Å². The molecule has 0 spiro atoms. The molecule has 100 valence electrons. The molecule has 1 aliphatic rings. The van der Waals surface area contributed by atoms with Gasteiger partial charge in [-0.25, -0.2) is 4.79 Å². The number of hydrogen-bond donors (Lipinski definition) is 1. The molecule has 0 saturated heterocycles. The van der Waals surface area contributed by atoms with Crippen LogP contribution in [-0.2, 0) is 6.54 Å². The average molecular weight is 332 g/mol. The van der Waals surface area contributed by atoms with E-state index in [0.29, 0.717) is 17.8 Å². The van der Waals surface area contributed by atoms with Crippen LogP contribution in [0, 0.1) is 0 Å². The molecule has 0 atom stereocenters. The molecule has 0 unspecified atom stereocenters. The zero-order valence-electron chi connectivity index (χ0n) is 10.3. The van der Waals surface area contributed by atoms with Crippen LogP contribution in [0.2, 0.25) is 0 Å². The molecule has 0 aromatic heterocycles. The second kappa shape index (κ2) is 4.76. The molecule has 1 N–H and O–H groups in total. The monoisotopic (exact) mass is 331 g/mol. The van der Waals surface area contributed by atoms with Gasteiger partial charge in [0.05, 0.1) is 17.8 Å². The third-order valence-corrected chi connectivity index (χ3v) is 3.79. The number of para-hydroxylation sites is 1. The Bertz CT molecular complexity index is 727. The lowest BCUT2D eigenvalue weighted by molar-refractivity contribution is 0.0697. The van der Waals surface area contributed by atoms with Crippen LogP contribution in [0.25, 0.3) is 0 Å². The number of halogens is 1. The van der Waals surface area contributed by atoms with Gasteiger partial charge in [-0.15, -0.1) is 0 Å². The van der Waals surface area contributed by atoms with Gasteiger partial charge >= 0.3 is 5.97 Å². The number of rotatable bonds is 2. The highest BCUT2D eigenvalue weighted by atomic mass is 79.9. The summed E-state index contributed by atoms with van der Waals surface area (Å²) in [6.45, 7) is 0.395. The lowest BCUT2D eigenvalue weighted by Gasteiger charge is -2.17. The molecule has 2 aromatic rings. The number of carbonyl (C=O) groups excluding carboxylic acids is 1.